The van der Waals surface area contributed by atoms with E-state index in [1.54, 1.807) is 12.1 Å². The summed E-state index contributed by atoms with van der Waals surface area (Å²) in [5.74, 6) is 0.536. The summed E-state index contributed by atoms with van der Waals surface area (Å²) in [6.07, 6.45) is 0. The van der Waals surface area contributed by atoms with Crippen molar-refractivity contribution >= 4 is 55.8 Å². The van der Waals surface area contributed by atoms with E-state index in [1.165, 1.54) is 18.2 Å². The Hall–Kier alpha value is -2.69. The SMILES string of the molecule is CCNc1nc(Cl)nc(Nc2ccc(N)c3cc(S(=O)(=O)O)ccc23)n1. The van der Waals surface area contributed by atoms with Crippen LogP contribution in [0.3, 0.4) is 0 Å². The van der Waals surface area contributed by atoms with Crippen LogP contribution in [0.4, 0.5) is 23.3 Å². The largest absolute Gasteiger partial charge is 0.398 e. The molecule has 5 N–H and O–H groups in total. The van der Waals surface area contributed by atoms with Crippen LogP contribution in [0.25, 0.3) is 10.8 Å². The lowest BCUT2D eigenvalue weighted by molar-refractivity contribution is 0.483. The summed E-state index contributed by atoms with van der Waals surface area (Å²) in [6.45, 7) is 2.51. The van der Waals surface area contributed by atoms with E-state index in [2.05, 4.69) is 25.6 Å². The average Bonchev–Trinajstić information content (AvgIpc) is 2.56. The maximum Gasteiger partial charge on any atom is 0.294 e. The summed E-state index contributed by atoms with van der Waals surface area (Å²) in [5.41, 5.74) is 6.89. The molecule has 9 nitrogen and oxygen atoms in total. The third-order valence-electron chi connectivity index (χ3n) is 3.51. The first-order valence-electron chi connectivity index (χ1n) is 7.50. The summed E-state index contributed by atoms with van der Waals surface area (Å²) in [4.78, 5) is 11.9. The molecule has 0 radical (unpaired) electrons. The van der Waals surface area contributed by atoms with Gasteiger partial charge in [-0.1, -0.05) is 6.07 Å². The first-order valence-corrected chi connectivity index (χ1v) is 9.32. The van der Waals surface area contributed by atoms with Gasteiger partial charge in [0.2, 0.25) is 17.2 Å². The first kappa shape index (κ1) is 18.1. The van der Waals surface area contributed by atoms with Gasteiger partial charge in [-0.15, -0.1) is 0 Å². The summed E-state index contributed by atoms with van der Waals surface area (Å²) < 4.78 is 31.9. The monoisotopic (exact) mass is 394 g/mol. The van der Waals surface area contributed by atoms with Crippen molar-refractivity contribution in [1.82, 2.24) is 15.0 Å². The van der Waals surface area contributed by atoms with E-state index in [-0.39, 0.29) is 16.1 Å². The maximum atomic E-state index is 11.4. The van der Waals surface area contributed by atoms with Crippen molar-refractivity contribution in [2.24, 2.45) is 0 Å². The molecule has 0 saturated carbocycles. The lowest BCUT2D eigenvalue weighted by Crippen LogP contribution is -2.07. The molecule has 0 bridgehead atoms. The molecule has 0 spiro atoms. The van der Waals surface area contributed by atoms with E-state index >= 15 is 0 Å². The number of benzene rings is 2. The summed E-state index contributed by atoms with van der Waals surface area (Å²) >= 11 is 5.91. The van der Waals surface area contributed by atoms with Gasteiger partial charge in [-0.05, 0) is 42.8 Å². The van der Waals surface area contributed by atoms with Crippen LogP contribution < -0.4 is 16.4 Å². The van der Waals surface area contributed by atoms with Crippen LogP contribution in [0.2, 0.25) is 5.28 Å². The number of rotatable bonds is 5. The Kier molecular flexibility index (Phi) is 4.81. The summed E-state index contributed by atoms with van der Waals surface area (Å²) in [7, 11) is -4.33. The number of nitrogens with one attached hydrogen (secondary N) is 2. The molecule has 1 aromatic heterocycles. The van der Waals surface area contributed by atoms with Gasteiger partial charge in [0.25, 0.3) is 10.1 Å². The minimum atomic E-state index is -4.33. The van der Waals surface area contributed by atoms with E-state index in [1.807, 2.05) is 6.92 Å². The fourth-order valence-corrected chi connectivity index (χ4v) is 3.05. The van der Waals surface area contributed by atoms with Crippen LogP contribution in [0, 0.1) is 0 Å². The van der Waals surface area contributed by atoms with Crippen molar-refractivity contribution in [1.29, 1.82) is 0 Å². The topological polar surface area (TPSA) is 143 Å². The molecule has 3 aromatic rings. The van der Waals surface area contributed by atoms with Crippen molar-refractivity contribution in [3.05, 3.63) is 35.6 Å². The molecule has 0 aliphatic rings. The van der Waals surface area contributed by atoms with Gasteiger partial charge in [-0.25, -0.2) is 0 Å². The van der Waals surface area contributed by atoms with Crippen LogP contribution in [0.15, 0.2) is 35.2 Å². The van der Waals surface area contributed by atoms with Crippen LogP contribution in [0.5, 0.6) is 0 Å². The van der Waals surface area contributed by atoms with Crippen molar-refractivity contribution < 1.29 is 13.0 Å². The van der Waals surface area contributed by atoms with E-state index in [0.29, 0.717) is 34.6 Å². The Morgan fingerprint density at radius 2 is 1.85 bits per heavy atom. The molecular weight excluding hydrogens is 380 g/mol. The number of nitrogen functional groups attached to an aromatic ring is 1. The smallest absolute Gasteiger partial charge is 0.294 e. The van der Waals surface area contributed by atoms with Gasteiger partial charge in [-0.3, -0.25) is 4.55 Å². The van der Waals surface area contributed by atoms with Crippen molar-refractivity contribution in [2.75, 3.05) is 22.9 Å². The minimum Gasteiger partial charge on any atom is -0.398 e. The van der Waals surface area contributed by atoms with Gasteiger partial charge in [-0.2, -0.15) is 23.4 Å². The molecule has 11 heteroatoms. The van der Waals surface area contributed by atoms with Crippen LogP contribution in [0.1, 0.15) is 6.92 Å². The van der Waals surface area contributed by atoms with Crippen LogP contribution >= 0.6 is 11.6 Å². The Morgan fingerprint density at radius 1 is 1.12 bits per heavy atom. The van der Waals surface area contributed by atoms with Crippen molar-refractivity contribution in [3.8, 4) is 0 Å². The third kappa shape index (κ3) is 3.77. The maximum absolute atomic E-state index is 11.4. The predicted molar refractivity (Wildman–Crippen MR) is 100 cm³/mol. The van der Waals surface area contributed by atoms with Gasteiger partial charge in [0, 0.05) is 28.7 Å². The van der Waals surface area contributed by atoms with Gasteiger partial charge in [0.15, 0.2) is 0 Å². The van der Waals surface area contributed by atoms with Crippen LogP contribution in [-0.4, -0.2) is 34.5 Å². The van der Waals surface area contributed by atoms with E-state index in [0.717, 1.165) is 0 Å². The van der Waals surface area contributed by atoms with E-state index in [4.69, 9.17) is 17.3 Å². The number of nitrogens with zero attached hydrogens (tertiary/aromatic N) is 3. The zero-order valence-electron chi connectivity index (χ0n) is 13.6. The van der Waals surface area contributed by atoms with Gasteiger partial charge >= 0.3 is 0 Å². The highest BCUT2D eigenvalue weighted by Gasteiger charge is 2.14. The normalized spacial score (nSPS) is 11.5. The zero-order chi connectivity index (χ0) is 18.9. The Morgan fingerprint density at radius 3 is 2.54 bits per heavy atom. The quantitative estimate of drug-likeness (QED) is 0.379. The van der Waals surface area contributed by atoms with Gasteiger partial charge in [0.05, 0.1) is 4.90 Å². The molecule has 0 aliphatic heterocycles. The minimum absolute atomic E-state index is 0.0202. The number of fused-ring (bicyclic) bond motifs is 1. The Balaban J connectivity index is 2.08. The van der Waals surface area contributed by atoms with Gasteiger partial charge < -0.3 is 16.4 Å². The Bertz CT molecular complexity index is 1090. The highest BCUT2D eigenvalue weighted by atomic mass is 35.5. The summed E-state index contributed by atoms with van der Waals surface area (Å²) in [6, 6.07) is 7.43. The predicted octanol–water partition coefficient (Wildman–Crippen LogP) is 2.68. The van der Waals surface area contributed by atoms with Gasteiger partial charge in [0.1, 0.15) is 0 Å². The van der Waals surface area contributed by atoms with E-state index in [9.17, 15) is 13.0 Å². The molecule has 0 atom stereocenters. The molecule has 3 rings (SSSR count). The van der Waals surface area contributed by atoms with Crippen LogP contribution in [-0.2, 0) is 10.1 Å². The molecule has 1 heterocycles. The number of hydrogen-bond acceptors (Lipinski definition) is 8. The molecule has 136 valence electrons. The summed E-state index contributed by atoms with van der Waals surface area (Å²) in [5, 5.41) is 7.06. The van der Waals surface area contributed by atoms with Crippen molar-refractivity contribution in [3.63, 3.8) is 0 Å². The fraction of sp³-hybridized carbons (Fsp3) is 0.133. The second-order valence-corrected chi connectivity index (χ2v) is 7.05. The molecule has 0 saturated heterocycles. The lowest BCUT2D eigenvalue weighted by atomic mass is 10.1. The highest BCUT2D eigenvalue weighted by molar-refractivity contribution is 7.85. The second kappa shape index (κ2) is 6.90. The van der Waals surface area contributed by atoms with E-state index < -0.39 is 10.1 Å². The molecule has 2 aromatic carbocycles. The molecule has 0 unspecified atom stereocenters. The number of anilines is 4. The molecule has 0 fully saturated rings. The molecule has 26 heavy (non-hydrogen) atoms. The first-order chi connectivity index (χ1) is 12.3. The third-order valence-corrected chi connectivity index (χ3v) is 4.53. The lowest BCUT2D eigenvalue weighted by Gasteiger charge is -2.12. The number of aromatic nitrogens is 3. The highest BCUT2D eigenvalue weighted by Crippen LogP contribution is 2.32. The molecule has 0 aliphatic carbocycles. The zero-order valence-corrected chi connectivity index (χ0v) is 15.1. The number of halogens is 1. The molecular formula is C15H15ClN6O3S. The standard InChI is InChI=1S/C15H15ClN6O3S/c1-2-18-14-20-13(16)21-15(22-14)19-12-6-5-11(17)10-7-8(26(23,24)25)3-4-9(10)12/h3-7H,2,17H2,1H3,(H,23,24,25)(H2,18,19,20,21,22). The average molecular weight is 395 g/mol. The fourth-order valence-electron chi connectivity index (χ4n) is 2.38. The second-order valence-electron chi connectivity index (χ2n) is 5.29. The Labute approximate surface area is 154 Å². The number of hydrogen-bond donors (Lipinski definition) is 4. The molecule has 0 amide bonds. The number of nitrogens with two attached hydrogens (primary N) is 1. The van der Waals surface area contributed by atoms with Crippen molar-refractivity contribution in [2.45, 2.75) is 11.8 Å².